The van der Waals surface area contributed by atoms with E-state index < -0.39 is 21.4 Å². The number of anilines is 2. The van der Waals surface area contributed by atoms with E-state index in [0.29, 0.717) is 11.4 Å². The van der Waals surface area contributed by atoms with Gasteiger partial charge in [0, 0.05) is 6.07 Å². The van der Waals surface area contributed by atoms with Crippen molar-refractivity contribution in [2.45, 2.75) is 24.3 Å². The lowest BCUT2D eigenvalue weighted by molar-refractivity contribution is -0.129. The Morgan fingerprint density at radius 3 is 2.60 bits per heavy atom. The first-order chi connectivity index (χ1) is 11.6. The molecule has 0 saturated heterocycles. The molecule has 1 heterocycles. The maximum atomic E-state index is 13.1. The van der Waals surface area contributed by atoms with Crippen LogP contribution in [-0.2, 0) is 14.8 Å². The van der Waals surface area contributed by atoms with Crippen molar-refractivity contribution in [2.75, 3.05) is 10.0 Å². The summed E-state index contributed by atoms with van der Waals surface area (Å²) in [4.78, 5) is 11.6. The average molecular weight is 385 g/mol. The van der Waals surface area contributed by atoms with Crippen LogP contribution in [0.25, 0.3) is 0 Å². The summed E-state index contributed by atoms with van der Waals surface area (Å²) in [6.45, 7) is 3.20. The fourth-order valence-corrected chi connectivity index (χ4v) is 3.85. The van der Waals surface area contributed by atoms with Gasteiger partial charge in [-0.2, -0.15) is 0 Å². The molecule has 0 fully saturated rings. The monoisotopic (exact) mass is 384 g/mol. The second kappa shape index (κ2) is 5.89. The minimum atomic E-state index is -4.02. The molecule has 132 valence electrons. The molecule has 1 aliphatic heterocycles. The highest BCUT2D eigenvalue weighted by Gasteiger charge is 2.35. The molecule has 0 saturated carbocycles. The molecular weight excluding hydrogens is 371 g/mol. The van der Waals surface area contributed by atoms with Crippen molar-refractivity contribution < 1.29 is 22.3 Å². The number of nitrogens with one attached hydrogen (secondary N) is 2. The van der Waals surface area contributed by atoms with Gasteiger partial charge in [0.05, 0.1) is 16.4 Å². The highest BCUT2D eigenvalue weighted by molar-refractivity contribution is 7.92. The Morgan fingerprint density at radius 2 is 1.92 bits per heavy atom. The van der Waals surface area contributed by atoms with Crippen molar-refractivity contribution in [1.29, 1.82) is 0 Å². The standard InChI is InChI=1S/C16H14ClFN2O4S/c1-16(2)15(21)19-12-5-4-10(8-13(12)24-16)20-25(22,23)14-6-3-9(18)7-11(14)17/h3-8,20H,1-2H3,(H,19,21). The molecule has 0 bridgehead atoms. The van der Waals surface area contributed by atoms with E-state index in [1.165, 1.54) is 18.2 Å². The van der Waals surface area contributed by atoms with Gasteiger partial charge < -0.3 is 10.1 Å². The SMILES string of the molecule is CC1(C)Oc2cc(NS(=O)(=O)c3ccc(F)cc3Cl)ccc2NC1=O. The highest BCUT2D eigenvalue weighted by Crippen LogP contribution is 2.36. The van der Waals surface area contributed by atoms with Crippen LogP contribution in [0.1, 0.15) is 13.8 Å². The smallest absolute Gasteiger partial charge is 0.268 e. The molecule has 9 heteroatoms. The van der Waals surface area contributed by atoms with Crippen LogP contribution in [0, 0.1) is 5.82 Å². The first kappa shape index (κ1) is 17.5. The third kappa shape index (κ3) is 3.40. The Hall–Kier alpha value is -2.32. The van der Waals surface area contributed by atoms with E-state index in [-0.39, 0.29) is 21.5 Å². The molecule has 2 aromatic rings. The topological polar surface area (TPSA) is 84.5 Å². The summed E-state index contributed by atoms with van der Waals surface area (Å²) < 4.78 is 46.0. The fourth-order valence-electron chi connectivity index (χ4n) is 2.27. The Bertz CT molecular complexity index is 976. The van der Waals surface area contributed by atoms with E-state index in [9.17, 15) is 17.6 Å². The number of sulfonamides is 1. The third-order valence-electron chi connectivity index (χ3n) is 3.58. The summed E-state index contributed by atoms with van der Waals surface area (Å²) in [6, 6.07) is 7.45. The van der Waals surface area contributed by atoms with Crippen molar-refractivity contribution >= 4 is 38.9 Å². The predicted molar refractivity (Wildman–Crippen MR) is 92.0 cm³/mol. The number of carbonyl (C=O) groups excluding carboxylic acids is 1. The van der Waals surface area contributed by atoms with E-state index in [4.69, 9.17) is 16.3 Å². The molecule has 0 atom stereocenters. The van der Waals surface area contributed by atoms with Gasteiger partial charge in [0.1, 0.15) is 16.5 Å². The molecule has 0 aromatic heterocycles. The van der Waals surface area contributed by atoms with Crippen LogP contribution >= 0.6 is 11.6 Å². The first-order valence-corrected chi connectivity index (χ1v) is 9.07. The summed E-state index contributed by atoms with van der Waals surface area (Å²) in [6.07, 6.45) is 0. The van der Waals surface area contributed by atoms with Gasteiger partial charge in [0.15, 0.2) is 5.60 Å². The van der Waals surface area contributed by atoms with Gasteiger partial charge in [-0.1, -0.05) is 11.6 Å². The van der Waals surface area contributed by atoms with E-state index in [1.807, 2.05) is 0 Å². The van der Waals surface area contributed by atoms with Gasteiger partial charge in [0.2, 0.25) is 0 Å². The molecular formula is C16H14ClFN2O4S. The Balaban J connectivity index is 1.92. The van der Waals surface area contributed by atoms with Crippen LogP contribution in [-0.4, -0.2) is 19.9 Å². The van der Waals surface area contributed by atoms with E-state index >= 15 is 0 Å². The molecule has 1 amide bonds. The van der Waals surface area contributed by atoms with Crippen LogP contribution in [0.2, 0.25) is 5.02 Å². The van der Waals surface area contributed by atoms with Gasteiger partial charge >= 0.3 is 0 Å². The van der Waals surface area contributed by atoms with Gasteiger partial charge in [0.25, 0.3) is 15.9 Å². The minimum absolute atomic E-state index is 0.214. The van der Waals surface area contributed by atoms with Gasteiger partial charge in [-0.05, 0) is 44.2 Å². The zero-order chi connectivity index (χ0) is 18.4. The summed E-state index contributed by atoms with van der Waals surface area (Å²) in [5, 5.41) is 2.46. The largest absolute Gasteiger partial charge is 0.476 e. The molecule has 2 aromatic carbocycles. The fraction of sp³-hybridized carbons (Fsp3) is 0.188. The lowest BCUT2D eigenvalue weighted by Gasteiger charge is -2.31. The maximum absolute atomic E-state index is 13.1. The van der Waals surface area contributed by atoms with Gasteiger partial charge in [-0.3, -0.25) is 9.52 Å². The number of rotatable bonds is 3. The normalized spacial score (nSPS) is 15.8. The molecule has 25 heavy (non-hydrogen) atoms. The van der Waals surface area contributed by atoms with E-state index in [2.05, 4.69) is 10.0 Å². The Labute approximate surface area is 149 Å². The number of hydrogen-bond donors (Lipinski definition) is 2. The second-order valence-corrected chi connectivity index (χ2v) is 8.02. The van der Waals surface area contributed by atoms with Crippen LogP contribution in [0.3, 0.4) is 0 Å². The van der Waals surface area contributed by atoms with E-state index in [1.54, 1.807) is 13.8 Å². The van der Waals surface area contributed by atoms with Crippen LogP contribution in [0.4, 0.5) is 15.8 Å². The van der Waals surface area contributed by atoms with Crippen molar-refractivity contribution in [3.05, 3.63) is 47.2 Å². The third-order valence-corrected chi connectivity index (χ3v) is 5.44. The number of hydrogen-bond acceptors (Lipinski definition) is 4. The van der Waals surface area contributed by atoms with Gasteiger partial charge in [-0.15, -0.1) is 0 Å². The molecule has 6 nitrogen and oxygen atoms in total. The summed E-state index contributed by atoms with van der Waals surface area (Å²) in [5.74, 6) is -0.606. The minimum Gasteiger partial charge on any atom is -0.476 e. The van der Waals surface area contributed by atoms with Crippen LogP contribution in [0.5, 0.6) is 5.75 Å². The van der Waals surface area contributed by atoms with Crippen LogP contribution in [0.15, 0.2) is 41.3 Å². The lowest BCUT2D eigenvalue weighted by Crippen LogP contribution is -2.45. The van der Waals surface area contributed by atoms with Gasteiger partial charge in [-0.25, -0.2) is 12.8 Å². The van der Waals surface area contributed by atoms with Crippen molar-refractivity contribution in [2.24, 2.45) is 0 Å². The predicted octanol–water partition coefficient (Wildman–Crippen LogP) is 3.39. The highest BCUT2D eigenvalue weighted by atomic mass is 35.5. The van der Waals surface area contributed by atoms with Crippen molar-refractivity contribution in [1.82, 2.24) is 0 Å². The zero-order valence-electron chi connectivity index (χ0n) is 13.3. The number of benzene rings is 2. The lowest BCUT2D eigenvalue weighted by atomic mass is 10.1. The number of ether oxygens (including phenoxy) is 1. The Morgan fingerprint density at radius 1 is 1.20 bits per heavy atom. The van der Waals surface area contributed by atoms with E-state index in [0.717, 1.165) is 18.2 Å². The number of fused-ring (bicyclic) bond motifs is 1. The van der Waals surface area contributed by atoms with Crippen molar-refractivity contribution in [3.8, 4) is 5.75 Å². The second-order valence-electron chi connectivity index (χ2n) is 5.96. The summed E-state index contributed by atoms with van der Waals surface area (Å²) in [7, 11) is -4.02. The number of amides is 1. The first-order valence-electron chi connectivity index (χ1n) is 7.21. The summed E-state index contributed by atoms with van der Waals surface area (Å²) >= 11 is 5.82. The molecule has 3 rings (SSSR count). The number of carbonyl (C=O) groups is 1. The van der Waals surface area contributed by atoms with Crippen molar-refractivity contribution in [3.63, 3.8) is 0 Å². The average Bonchev–Trinajstić information content (AvgIpc) is 2.47. The molecule has 0 unspecified atom stereocenters. The number of halogens is 2. The quantitative estimate of drug-likeness (QED) is 0.849. The molecule has 0 aliphatic carbocycles. The zero-order valence-corrected chi connectivity index (χ0v) is 14.8. The van der Waals surface area contributed by atoms with Crippen LogP contribution < -0.4 is 14.8 Å². The maximum Gasteiger partial charge on any atom is 0.268 e. The summed E-state index contributed by atoms with van der Waals surface area (Å²) in [5.41, 5.74) is -0.428. The Kier molecular flexibility index (Phi) is 4.12. The molecule has 2 N–H and O–H groups in total. The molecule has 0 spiro atoms. The molecule has 0 radical (unpaired) electrons. The molecule has 1 aliphatic rings.